The Hall–Kier alpha value is -3.54. The first kappa shape index (κ1) is 18.8. The van der Waals surface area contributed by atoms with Gasteiger partial charge in [-0.25, -0.2) is 4.39 Å². The molecule has 0 spiro atoms. The fourth-order valence-electron chi connectivity index (χ4n) is 3.42. The molecule has 0 radical (unpaired) electrons. The van der Waals surface area contributed by atoms with Gasteiger partial charge in [0.25, 0.3) is 5.91 Å². The average Bonchev–Trinajstić information content (AvgIpc) is 2.98. The molecule has 0 saturated carbocycles. The fraction of sp³-hybridized carbons (Fsp3) is 0.174. The number of hydrogen-bond acceptors (Lipinski definition) is 3. The molecule has 2 aromatic heterocycles. The number of rotatable bonds is 4. The minimum atomic E-state index is -0.346. The zero-order valence-corrected chi connectivity index (χ0v) is 16.5. The van der Waals surface area contributed by atoms with E-state index in [4.69, 9.17) is 0 Å². The van der Waals surface area contributed by atoms with Gasteiger partial charge >= 0.3 is 0 Å². The van der Waals surface area contributed by atoms with Gasteiger partial charge in [-0.3, -0.25) is 14.5 Å². The minimum absolute atomic E-state index is 0.246. The predicted molar refractivity (Wildman–Crippen MR) is 112 cm³/mol. The van der Waals surface area contributed by atoms with Gasteiger partial charge in [-0.2, -0.15) is 5.10 Å². The van der Waals surface area contributed by atoms with Crippen molar-refractivity contribution >= 4 is 22.5 Å². The monoisotopic (exact) mass is 388 g/mol. The minimum Gasteiger partial charge on any atom is -0.322 e. The van der Waals surface area contributed by atoms with E-state index in [0.29, 0.717) is 29.0 Å². The summed E-state index contributed by atoms with van der Waals surface area (Å²) in [6.45, 7) is 6.37. The Bertz CT molecular complexity index is 1230. The van der Waals surface area contributed by atoms with Crippen molar-refractivity contribution in [3.8, 4) is 0 Å². The van der Waals surface area contributed by atoms with Gasteiger partial charge in [-0.05, 0) is 62.7 Å². The predicted octanol–water partition coefficient (Wildman–Crippen LogP) is 4.80. The van der Waals surface area contributed by atoms with Crippen LogP contribution in [0, 0.1) is 26.6 Å². The smallest absolute Gasteiger partial charge is 0.257 e. The Morgan fingerprint density at radius 1 is 1.07 bits per heavy atom. The third kappa shape index (κ3) is 4.01. The number of nitrogens with one attached hydrogen (secondary N) is 1. The van der Waals surface area contributed by atoms with Gasteiger partial charge in [0.15, 0.2) is 0 Å². The summed E-state index contributed by atoms with van der Waals surface area (Å²) in [6.07, 6.45) is 0. The van der Waals surface area contributed by atoms with Crippen molar-refractivity contribution in [1.82, 2.24) is 14.8 Å². The molecule has 1 amide bonds. The van der Waals surface area contributed by atoms with E-state index in [2.05, 4.69) is 15.4 Å². The van der Waals surface area contributed by atoms with Gasteiger partial charge in [-0.15, -0.1) is 0 Å². The first-order valence-corrected chi connectivity index (χ1v) is 9.37. The number of benzene rings is 2. The van der Waals surface area contributed by atoms with Crippen LogP contribution in [0.15, 0.2) is 54.6 Å². The lowest BCUT2D eigenvalue weighted by molar-refractivity contribution is 0.102. The van der Waals surface area contributed by atoms with Crippen molar-refractivity contribution in [3.05, 3.63) is 88.6 Å². The van der Waals surface area contributed by atoms with Gasteiger partial charge in [-0.1, -0.05) is 12.1 Å². The molecule has 5 nitrogen and oxygen atoms in total. The average molecular weight is 388 g/mol. The number of nitrogens with zero attached hydrogens (tertiary/aromatic N) is 3. The molecular formula is C23H21FN4O. The molecule has 0 unspecified atom stereocenters. The van der Waals surface area contributed by atoms with Gasteiger partial charge in [0, 0.05) is 22.8 Å². The number of anilines is 1. The lowest BCUT2D eigenvalue weighted by Gasteiger charge is -2.11. The molecule has 29 heavy (non-hydrogen) atoms. The lowest BCUT2D eigenvalue weighted by atomic mass is 10.1. The second kappa shape index (κ2) is 7.47. The number of aryl methyl sites for hydroxylation is 3. The van der Waals surface area contributed by atoms with Gasteiger partial charge in [0.05, 0.1) is 29.0 Å². The molecule has 6 heteroatoms. The van der Waals surface area contributed by atoms with Crippen molar-refractivity contribution in [2.45, 2.75) is 27.3 Å². The molecule has 4 aromatic rings. The van der Waals surface area contributed by atoms with Crippen LogP contribution in [0.1, 0.15) is 33.0 Å². The largest absolute Gasteiger partial charge is 0.322 e. The zero-order chi connectivity index (χ0) is 20.5. The Morgan fingerprint density at radius 3 is 2.66 bits per heavy atom. The Morgan fingerprint density at radius 2 is 1.90 bits per heavy atom. The summed E-state index contributed by atoms with van der Waals surface area (Å²) >= 11 is 0. The third-order valence-electron chi connectivity index (χ3n) is 4.84. The molecule has 146 valence electrons. The highest BCUT2D eigenvalue weighted by Gasteiger charge is 2.13. The number of amides is 1. The van der Waals surface area contributed by atoms with E-state index in [1.165, 1.54) is 12.1 Å². The molecule has 4 rings (SSSR count). The van der Waals surface area contributed by atoms with Crippen LogP contribution in [0.3, 0.4) is 0 Å². The van der Waals surface area contributed by atoms with Crippen LogP contribution < -0.4 is 5.32 Å². The van der Waals surface area contributed by atoms with E-state index >= 15 is 0 Å². The standard InChI is InChI=1S/C23H21FN4O/c1-14-9-15(2)28(27-14)13-17-5-4-6-20(10-17)26-23(29)21-11-18-7-8-19(24)12-22(18)25-16(21)3/h4-12H,13H2,1-3H3,(H,26,29). The van der Waals surface area contributed by atoms with Crippen molar-refractivity contribution in [2.75, 3.05) is 5.32 Å². The second-order valence-corrected chi connectivity index (χ2v) is 7.20. The van der Waals surface area contributed by atoms with Gasteiger partial charge in [0.1, 0.15) is 5.82 Å². The maximum Gasteiger partial charge on any atom is 0.257 e. The molecule has 1 N–H and O–H groups in total. The summed E-state index contributed by atoms with van der Waals surface area (Å²) in [6, 6.07) is 15.8. The molecular weight excluding hydrogens is 367 g/mol. The number of hydrogen-bond donors (Lipinski definition) is 1. The molecule has 0 bridgehead atoms. The molecule has 2 aromatic carbocycles. The summed E-state index contributed by atoms with van der Waals surface area (Å²) < 4.78 is 15.3. The summed E-state index contributed by atoms with van der Waals surface area (Å²) in [7, 11) is 0. The highest BCUT2D eigenvalue weighted by Crippen LogP contribution is 2.20. The molecule has 0 fully saturated rings. The van der Waals surface area contributed by atoms with E-state index in [1.807, 2.05) is 48.9 Å². The molecule has 0 aliphatic rings. The molecule has 0 aliphatic carbocycles. The molecule has 0 atom stereocenters. The highest BCUT2D eigenvalue weighted by molar-refractivity contribution is 6.06. The van der Waals surface area contributed by atoms with Crippen LogP contribution in [-0.4, -0.2) is 20.7 Å². The SMILES string of the molecule is Cc1cc(C)n(Cc2cccc(NC(=O)c3cc4ccc(F)cc4nc3C)c2)n1. The van der Waals surface area contributed by atoms with E-state index in [-0.39, 0.29) is 11.7 Å². The Labute approximate surface area is 168 Å². The van der Waals surface area contributed by atoms with Crippen LogP contribution in [0.4, 0.5) is 10.1 Å². The fourth-order valence-corrected chi connectivity index (χ4v) is 3.42. The third-order valence-corrected chi connectivity index (χ3v) is 4.84. The van der Waals surface area contributed by atoms with Crippen molar-refractivity contribution in [1.29, 1.82) is 0 Å². The first-order valence-electron chi connectivity index (χ1n) is 9.37. The number of pyridine rings is 1. The number of aromatic nitrogens is 3. The number of carbonyl (C=O) groups is 1. The number of carbonyl (C=O) groups excluding carboxylic acids is 1. The van der Waals surface area contributed by atoms with E-state index < -0.39 is 0 Å². The summed E-state index contributed by atoms with van der Waals surface area (Å²) in [4.78, 5) is 17.2. The quantitative estimate of drug-likeness (QED) is 0.546. The van der Waals surface area contributed by atoms with Crippen LogP contribution >= 0.6 is 0 Å². The lowest BCUT2D eigenvalue weighted by Crippen LogP contribution is -2.14. The van der Waals surface area contributed by atoms with E-state index in [9.17, 15) is 9.18 Å². The number of fused-ring (bicyclic) bond motifs is 1. The van der Waals surface area contributed by atoms with Crippen LogP contribution in [0.5, 0.6) is 0 Å². The molecule has 0 aliphatic heterocycles. The summed E-state index contributed by atoms with van der Waals surface area (Å²) in [5.41, 5.74) is 5.36. The highest BCUT2D eigenvalue weighted by atomic mass is 19.1. The van der Waals surface area contributed by atoms with Crippen molar-refractivity contribution in [3.63, 3.8) is 0 Å². The van der Waals surface area contributed by atoms with Gasteiger partial charge in [0.2, 0.25) is 0 Å². The van der Waals surface area contributed by atoms with Gasteiger partial charge < -0.3 is 5.32 Å². The Balaban J connectivity index is 1.57. The molecule has 0 saturated heterocycles. The van der Waals surface area contributed by atoms with Crippen LogP contribution in [0.25, 0.3) is 10.9 Å². The van der Waals surface area contributed by atoms with Crippen molar-refractivity contribution in [2.24, 2.45) is 0 Å². The summed E-state index contributed by atoms with van der Waals surface area (Å²) in [5.74, 6) is -0.592. The maximum atomic E-state index is 13.4. The summed E-state index contributed by atoms with van der Waals surface area (Å²) in [5, 5.41) is 8.15. The second-order valence-electron chi connectivity index (χ2n) is 7.20. The topological polar surface area (TPSA) is 59.8 Å². The maximum absolute atomic E-state index is 13.4. The molecule has 2 heterocycles. The first-order chi connectivity index (χ1) is 13.9. The van der Waals surface area contributed by atoms with Crippen molar-refractivity contribution < 1.29 is 9.18 Å². The zero-order valence-electron chi connectivity index (χ0n) is 16.5. The normalized spacial score (nSPS) is 11.0. The van der Waals surface area contributed by atoms with E-state index in [0.717, 1.165) is 22.3 Å². The van der Waals surface area contributed by atoms with Crippen LogP contribution in [0.2, 0.25) is 0 Å². The number of halogens is 1. The van der Waals surface area contributed by atoms with E-state index in [1.54, 1.807) is 19.1 Å². The van der Waals surface area contributed by atoms with Crippen LogP contribution in [-0.2, 0) is 6.54 Å². The Kier molecular flexibility index (Phi) is 4.84.